The highest BCUT2D eigenvalue weighted by atomic mass is 16.5. The van der Waals surface area contributed by atoms with Crippen LogP contribution in [0, 0.1) is 0 Å². The molecule has 0 bridgehead atoms. The Kier molecular flexibility index (Phi) is 3.85. The molecule has 0 aliphatic heterocycles. The monoisotopic (exact) mass is 207 g/mol. The first-order valence-electron chi connectivity index (χ1n) is 4.55. The van der Waals surface area contributed by atoms with Gasteiger partial charge in [-0.25, -0.2) is 9.69 Å². The maximum Gasteiger partial charge on any atom is 0.416 e. The van der Waals surface area contributed by atoms with Crippen LogP contribution in [0.4, 0.5) is 4.79 Å². The molecule has 0 aromatic heterocycles. The van der Waals surface area contributed by atoms with E-state index in [9.17, 15) is 9.59 Å². The average Bonchev–Trinajstić information content (AvgIpc) is 2.26. The minimum Gasteiger partial charge on any atom is -0.452 e. The maximum absolute atomic E-state index is 11.2. The van der Waals surface area contributed by atoms with Gasteiger partial charge in [-0.3, -0.25) is 4.79 Å². The predicted molar refractivity (Wildman–Crippen MR) is 55.1 cm³/mol. The van der Waals surface area contributed by atoms with E-state index in [-0.39, 0.29) is 12.5 Å². The van der Waals surface area contributed by atoms with Gasteiger partial charge < -0.3 is 4.74 Å². The Bertz CT molecular complexity index is 348. The molecule has 4 heteroatoms. The maximum atomic E-state index is 11.2. The first-order chi connectivity index (χ1) is 7.15. The summed E-state index contributed by atoms with van der Waals surface area (Å²) >= 11 is 0. The van der Waals surface area contributed by atoms with Gasteiger partial charge >= 0.3 is 6.09 Å². The Morgan fingerprint density at radius 3 is 2.33 bits per heavy atom. The first kappa shape index (κ1) is 11.2. The molecule has 0 atom stereocenters. The van der Waals surface area contributed by atoms with Crippen LogP contribution in [0.5, 0.6) is 0 Å². The Morgan fingerprint density at radius 2 is 1.87 bits per heavy atom. The molecule has 0 saturated carbocycles. The second-order valence-corrected chi connectivity index (χ2v) is 3.06. The van der Waals surface area contributed by atoms with Crippen molar-refractivity contribution in [2.24, 2.45) is 0 Å². The Labute approximate surface area is 88.5 Å². The molecule has 1 aromatic rings. The van der Waals surface area contributed by atoms with Gasteiger partial charge in [0.05, 0.1) is 13.7 Å². The quantitative estimate of drug-likeness (QED) is 0.742. The van der Waals surface area contributed by atoms with E-state index in [1.54, 1.807) is 0 Å². The zero-order valence-electron chi connectivity index (χ0n) is 8.77. The van der Waals surface area contributed by atoms with Crippen molar-refractivity contribution in [3.8, 4) is 0 Å². The zero-order chi connectivity index (χ0) is 11.3. The van der Waals surface area contributed by atoms with E-state index in [0.717, 1.165) is 10.5 Å². The molecule has 0 aliphatic rings. The van der Waals surface area contributed by atoms with E-state index < -0.39 is 6.09 Å². The van der Waals surface area contributed by atoms with Crippen LogP contribution in [0.15, 0.2) is 30.3 Å². The highest BCUT2D eigenvalue weighted by Gasteiger charge is 2.18. The van der Waals surface area contributed by atoms with Gasteiger partial charge in [-0.2, -0.15) is 0 Å². The third kappa shape index (κ3) is 3.09. The van der Waals surface area contributed by atoms with Gasteiger partial charge in [-0.1, -0.05) is 30.3 Å². The Hall–Kier alpha value is -1.84. The number of amides is 2. The van der Waals surface area contributed by atoms with Crippen molar-refractivity contribution >= 4 is 12.0 Å². The lowest BCUT2D eigenvalue weighted by atomic mass is 10.2. The highest BCUT2D eigenvalue weighted by Crippen LogP contribution is 2.05. The number of benzene rings is 1. The summed E-state index contributed by atoms with van der Waals surface area (Å²) in [5.74, 6) is -0.328. The van der Waals surface area contributed by atoms with Gasteiger partial charge in [0.25, 0.3) is 0 Å². The average molecular weight is 207 g/mol. The summed E-state index contributed by atoms with van der Waals surface area (Å²) in [6, 6.07) is 9.27. The van der Waals surface area contributed by atoms with Gasteiger partial charge in [0.15, 0.2) is 0 Å². The fourth-order valence-electron chi connectivity index (χ4n) is 1.18. The smallest absolute Gasteiger partial charge is 0.416 e. The summed E-state index contributed by atoms with van der Waals surface area (Å²) in [7, 11) is 1.25. The van der Waals surface area contributed by atoms with Crippen LogP contribution in [0.3, 0.4) is 0 Å². The molecule has 1 aromatic carbocycles. The van der Waals surface area contributed by atoms with E-state index in [0.29, 0.717) is 0 Å². The molecule has 0 saturated heterocycles. The molecule has 0 unspecified atom stereocenters. The Balaban J connectivity index is 2.76. The molecular formula is C11H13NO3. The summed E-state index contributed by atoms with van der Waals surface area (Å²) in [5.41, 5.74) is 0.887. The number of carbonyl (C=O) groups excluding carboxylic acids is 2. The topological polar surface area (TPSA) is 46.6 Å². The molecule has 0 radical (unpaired) electrons. The molecule has 0 aliphatic carbocycles. The standard InChI is InChI=1S/C11H13NO3/c1-9(13)12(11(14)15-2)8-10-6-4-3-5-7-10/h3-7H,8H2,1-2H3. The fourth-order valence-corrected chi connectivity index (χ4v) is 1.18. The van der Waals surface area contributed by atoms with Crippen molar-refractivity contribution in [2.45, 2.75) is 13.5 Å². The molecule has 4 nitrogen and oxygen atoms in total. The number of imide groups is 1. The van der Waals surface area contributed by atoms with Crippen molar-refractivity contribution in [3.63, 3.8) is 0 Å². The lowest BCUT2D eigenvalue weighted by molar-refractivity contribution is -0.127. The van der Waals surface area contributed by atoms with Crippen LogP contribution in [-0.4, -0.2) is 24.0 Å². The summed E-state index contributed by atoms with van der Waals surface area (Å²) in [5, 5.41) is 0. The van der Waals surface area contributed by atoms with Crippen molar-refractivity contribution in [1.29, 1.82) is 0 Å². The van der Waals surface area contributed by atoms with Crippen LogP contribution >= 0.6 is 0 Å². The molecule has 80 valence electrons. The van der Waals surface area contributed by atoms with E-state index in [4.69, 9.17) is 0 Å². The van der Waals surface area contributed by atoms with Crippen LogP contribution in [0.1, 0.15) is 12.5 Å². The summed E-state index contributed by atoms with van der Waals surface area (Å²) in [6.45, 7) is 1.57. The number of hydrogen-bond donors (Lipinski definition) is 0. The van der Waals surface area contributed by atoms with Crippen molar-refractivity contribution in [1.82, 2.24) is 4.90 Å². The normalized spacial score (nSPS) is 9.47. The van der Waals surface area contributed by atoms with E-state index in [1.165, 1.54) is 14.0 Å². The molecule has 15 heavy (non-hydrogen) atoms. The summed E-state index contributed by atoms with van der Waals surface area (Å²) in [4.78, 5) is 23.5. The lowest BCUT2D eigenvalue weighted by Gasteiger charge is -2.17. The second kappa shape index (κ2) is 5.14. The highest BCUT2D eigenvalue weighted by molar-refractivity contribution is 5.90. The van der Waals surface area contributed by atoms with Gasteiger partial charge in [0.2, 0.25) is 5.91 Å². The van der Waals surface area contributed by atoms with E-state index >= 15 is 0 Å². The second-order valence-electron chi connectivity index (χ2n) is 3.06. The number of rotatable bonds is 2. The lowest BCUT2D eigenvalue weighted by Crippen LogP contribution is -2.34. The predicted octanol–water partition coefficient (Wildman–Crippen LogP) is 1.80. The number of carbonyl (C=O) groups is 2. The van der Waals surface area contributed by atoms with Crippen LogP contribution in [0.25, 0.3) is 0 Å². The minimum atomic E-state index is -0.633. The van der Waals surface area contributed by atoms with Crippen LogP contribution in [-0.2, 0) is 16.1 Å². The van der Waals surface area contributed by atoms with Crippen LogP contribution < -0.4 is 0 Å². The molecule has 1 rings (SSSR count). The van der Waals surface area contributed by atoms with Gasteiger partial charge in [-0.15, -0.1) is 0 Å². The number of ether oxygens (including phenoxy) is 1. The summed E-state index contributed by atoms with van der Waals surface area (Å²) < 4.78 is 4.51. The summed E-state index contributed by atoms with van der Waals surface area (Å²) in [6.07, 6.45) is -0.633. The van der Waals surface area contributed by atoms with Gasteiger partial charge in [0.1, 0.15) is 0 Å². The van der Waals surface area contributed by atoms with Gasteiger partial charge in [0, 0.05) is 6.92 Å². The van der Waals surface area contributed by atoms with Crippen LogP contribution in [0.2, 0.25) is 0 Å². The molecule has 0 spiro atoms. The third-order valence-corrected chi connectivity index (χ3v) is 1.96. The number of nitrogens with zero attached hydrogens (tertiary/aromatic N) is 1. The van der Waals surface area contributed by atoms with E-state index in [2.05, 4.69) is 4.74 Å². The minimum absolute atomic E-state index is 0.239. The zero-order valence-corrected chi connectivity index (χ0v) is 8.77. The molecule has 0 fully saturated rings. The van der Waals surface area contributed by atoms with E-state index in [1.807, 2.05) is 30.3 Å². The number of methoxy groups -OCH3 is 1. The Morgan fingerprint density at radius 1 is 1.27 bits per heavy atom. The molecule has 0 heterocycles. The molecule has 0 N–H and O–H groups in total. The van der Waals surface area contributed by atoms with Crippen molar-refractivity contribution in [2.75, 3.05) is 7.11 Å². The fraction of sp³-hybridized carbons (Fsp3) is 0.273. The SMILES string of the molecule is COC(=O)N(Cc1ccccc1)C(C)=O. The number of hydrogen-bond acceptors (Lipinski definition) is 3. The third-order valence-electron chi connectivity index (χ3n) is 1.96. The van der Waals surface area contributed by atoms with Crippen molar-refractivity contribution in [3.05, 3.63) is 35.9 Å². The van der Waals surface area contributed by atoms with Gasteiger partial charge in [-0.05, 0) is 5.56 Å². The first-order valence-corrected chi connectivity index (χ1v) is 4.55. The molecule has 2 amide bonds. The van der Waals surface area contributed by atoms with Crippen molar-refractivity contribution < 1.29 is 14.3 Å². The largest absolute Gasteiger partial charge is 0.452 e. The molecular weight excluding hydrogens is 194 g/mol.